The summed E-state index contributed by atoms with van der Waals surface area (Å²) >= 11 is 1.81. The minimum atomic E-state index is 0.195. The summed E-state index contributed by atoms with van der Waals surface area (Å²) in [5.41, 5.74) is 4.12. The van der Waals surface area contributed by atoms with Crippen LogP contribution in [0.5, 0.6) is 0 Å². The molecule has 0 aliphatic heterocycles. The Bertz CT molecular complexity index is 881. The summed E-state index contributed by atoms with van der Waals surface area (Å²) in [6, 6.07) is 2.17. The SMILES string of the molecule is Cc1nc2c(s1)CCCC2Nc1ncc(C)c(-c2ccnn2C)n1. The van der Waals surface area contributed by atoms with Crippen LogP contribution in [0.3, 0.4) is 0 Å². The summed E-state index contributed by atoms with van der Waals surface area (Å²) in [5, 5.41) is 8.86. The fraction of sp³-hybridized carbons (Fsp3) is 0.412. The van der Waals surface area contributed by atoms with Gasteiger partial charge in [-0.05, 0) is 44.7 Å². The topological polar surface area (TPSA) is 68.5 Å². The molecule has 24 heavy (non-hydrogen) atoms. The van der Waals surface area contributed by atoms with Crippen molar-refractivity contribution in [2.75, 3.05) is 5.32 Å². The molecule has 0 saturated carbocycles. The van der Waals surface area contributed by atoms with Crippen molar-refractivity contribution in [3.05, 3.63) is 39.6 Å². The number of rotatable bonds is 3. The van der Waals surface area contributed by atoms with Crippen LogP contribution in [0.4, 0.5) is 5.95 Å². The Labute approximate surface area is 145 Å². The van der Waals surface area contributed by atoms with Crippen LogP contribution >= 0.6 is 11.3 Å². The molecule has 124 valence electrons. The molecule has 0 bridgehead atoms. The number of nitrogens with one attached hydrogen (secondary N) is 1. The highest BCUT2D eigenvalue weighted by Gasteiger charge is 2.25. The highest BCUT2D eigenvalue weighted by molar-refractivity contribution is 7.11. The van der Waals surface area contributed by atoms with Gasteiger partial charge in [-0.3, -0.25) is 4.68 Å². The zero-order chi connectivity index (χ0) is 16.7. The third-order valence-corrected chi connectivity index (χ3v) is 5.45. The average molecular weight is 340 g/mol. The first kappa shape index (κ1) is 15.3. The van der Waals surface area contributed by atoms with Gasteiger partial charge in [0.25, 0.3) is 0 Å². The van der Waals surface area contributed by atoms with E-state index < -0.39 is 0 Å². The Morgan fingerprint density at radius 2 is 2.17 bits per heavy atom. The lowest BCUT2D eigenvalue weighted by Crippen LogP contribution is -2.18. The molecule has 1 aliphatic carbocycles. The summed E-state index contributed by atoms with van der Waals surface area (Å²) < 4.78 is 1.83. The number of aromatic nitrogens is 5. The van der Waals surface area contributed by atoms with Gasteiger partial charge >= 0.3 is 0 Å². The van der Waals surface area contributed by atoms with Gasteiger partial charge < -0.3 is 5.32 Å². The van der Waals surface area contributed by atoms with Gasteiger partial charge in [0.05, 0.1) is 28.1 Å². The van der Waals surface area contributed by atoms with Gasteiger partial charge in [0.15, 0.2) is 0 Å². The zero-order valence-electron chi connectivity index (χ0n) is 14.1. The Morgan fingerprint density at radius 3 is 2.96 bits per heavy atom. The van der Waals surface area contributed by atoms with Gasteiger partial charge in [0.1, 0.15) is 0 Å². The van der Waals surface area contributed by atoms with Crippen molar-refractivity contribution in [3.63, 3.8) is 0 Å². The second-order valence-electron chi connectivity index (χ2n) is 6.20. The van der Waals surface area contributed by atoms with E-state index in [9.17, 15) is 0 Å². The van der Waals surface area contributed by atoms with Crippen LogP contribution in [0.25, 0.3) is 11.4 Å². The zero-order valence-corrected chi connectivity index (χ0v) is 14.9. The van der Waals surface area contributed by atoms with E-state index in [2.05, 4.69) is 22.3 Å². The van der Waals surface area contributed by atoms with Gasteiger partial charge in [0.2, 0.25) is 5.95 Å². The molecule has 1 N–H and O–H groups in total. The summed E-state index contributed by atoms with van der Waals surface area (Å²) in [7, 11) is 1.93. The molecule has 0 fully saturated rings. The van der Waals surface area contributed by atoms with Gasteiger partial charge in [-0.2, -0.15) is 5.10 Å². The van der Waals surface area contributed by atoms with Crippen LogP contribution in [-0.2, 0) is 13.5 Å². The number of hydrogen-bond donors (Lipinski definition) is 1. The van der Waals surface area contributed by atoms with Crippen LogP contribution in [0.2, 0.25) is 0 Å². The largest absolute Gasteiger partial charge is 0.346 e. The van der Waals surface area contributed by atoms with E-state index >= 15 is 0 Å². The van der Waals surface area contributed by atoms with Crippen molar-refractivity contribution in [2.24, 2.45) is 7.05 Å². The van der Waals surface area contributed by atoms with Crippen LogP contribution in [-0.4, -0.2) is 24.7 Å². The fourth-order valence-electron chi connectivity index (χ4n) is 3.21. The quantitative estimate of drug-likeness (QED) is 0.791. The predicted octanol–water partition coefficient (Wildman–Crippen LogP) is 3.44. The van der Waals surface area contributed by atoms with Gasteiger partial charge in [-0.25, -0.2) is 15.0 Å². The number of thiazole rings is 1. The summed E-state index contributed by atoms with van der Waals surface area (Å²) in [4.78, 5) is 15.3. The lowest BCUT2D eigenvalue weighted by Gasteiger charge is -2.22. The first-order valence-electron chi connectivity index (χ1n) is 8.16. The van der Waals surface area contributed by atoms with Crippen molar-refractivity contribution in [3.8, 4) is 11.4 Å². The first-order chi connectivity index (χ1) is 11.6. The number of anilines is 1. The molecule has 3 heterocycles. The third kappa shape index (κ3) is 2.69. The van der Waals surface area contributed by atoms with Gasteiger partial charge in [-0.15, -0.1) is 11.3 Å². The lowest BCUT2D eigenvalue weighted by molar-refractivity contribution is 0.589. The van der Waals surface area contributed by atoms with Crippen LogP contribution < -0.4 is 5.32 Å². The van der Waals surface area contributed by atoms with Crippen LogP contribution in [0.1, 0.15) is 40.0 Å². The summed E-state index contributed by atoms with van der Waals surface area (Å²) in [5.74, 6) is 0.653. The monoisotopic (exact) mass is 340 g/mol. The van der Waals surface area contributed by atoms with E-state index in [1.807, 2.05) is 30.9 Å². The van der Waals surface area contributed by atoms with Crippen molar-refractivity contribution >= 4 is 17.3 Å². The standard InChI is InChI=1S/C17H20N6S/c1-10-9-18-17(22-15(10)13-7-8-19-23(13)3)21-12-5-4-6-14-16(12)20-11(2)24-14/h7-9,12H,4-6H2,1-3H3,(H,18,21,22). The fourth-order valence-corrected chi connectivity index (χ4v) is 4.25. The second kappa shape index (κ2) is 5.98. The molecule has 0 saturated heterocycles. The summed E-state index contributed by atoms with van der Waals surface area (Å²) in [6.07, 6.45) is 7.03. The minimum Gasteiger partial charge on any atom is -0.346 e. The van der Waals surface area contributed by atoms with Crippen LogP contribution in [0.15, 0.2) is 18.5 Å². The molecule has 0 radical (unpaired) electrons. The molecular formula is C17H20N6S. The minimum absolute atomic E-state index is 0.195. The highest BCUT2D eigenvalue weighted by atomic mass is 32.1. The number of hydrogen-bond acceptors (Lipinski definition) is 6. The van der Waals surface area contributed by atoms with E-state index in [0.717, 1.165) is 34.8 Å². The molecule has 6 nitrogen and oxygen atoms in total. The molecule has 1 aliphatic rings. The molecule has 4 rings (SSSR count). The van der Waals surface area contributed by atoms with Gasteiger partial charge in [-0.1, -0.05) is 0 Å². The lowest BCUT2D eigenvalue weighted by atomic mass is 9.98. The molecular weight excluding hydrogens is 320 g/mol. The van der Waals surface area contributed by atoms with E-state index in [-0.39, 0.29) is 6.04 Å². The predicted molar refractivity (Wildman–Crippen MR) is 95.1 cm³/mol. The highest BCUT2D eigenvalue weighted by Crippen LogP contribution is 2.35. The average Bonchev–Trinajstić information content (AvgIpc) is 3.14. The van der Waals surface area contributed by atoms with E-state index in [4.69, 9.17) is 9.97 Å². The normalized spacial score (nSPS) is 16.9. The molecule has 3 aromatic heterocycles. The first-order valence-corrected chi connectivity index (χ1v) is 8.98. The molecule has 1 unspecified atom stereocenters. The van der Waals surface area contributed by atoms with E-state index in [0.29, 0.717) is 5.95 Å². The second-order valence-corrected chi connectivity index (χ2v) is 7.48. The molecule has 0 spiro atoms. The Balaban J connectivity index is 1.66. The van der Waals surface area contributed by atoms with E-state index in [1.54, 1.807) is 17.5 Å². The molecule has 0 amide bonds. The maximum Gasteiger partial charge on any atom is 0.223 e. The molecule has 0 aromatic carbocycles. The van der Waals surface area contributed by atoms with Gasteiger partial charge in [0, 0.05) is 24.3 Å². The maximum atomic E-state index is 4.74. The number of nitrogens with zero attached hydrogens (tertiary/aromatic N) is 5. The van der Waals surface area contributed by atoms with E-state index in [1.165, 1.54) is 17.0 Å². The Hall–Kier alpha value is -2.28. The molecule has 7 heteroatoms. The molecule has 3 aromatic rings. The van der Waals surface area contributed by atoms with Crippen LogP contribution in [0, 0.1) is 13.8 Å². The Morgan fingerprint density at radius 1 is 1.29 bits per heavy atom. The summed E-state index contributed by atoms with van der Waals surface area (Å²) in [6.45, 7) is 4.09. The molecule has 1 atom stereocenters. The number of fused-ring (bicyclic) bond motifs is 1. The smallest absolute Gasteiger partial charge is 0.223 e. The van der Waals surface area contributed by atoms with Crippen molar-refractivity contribution in [2.45, 2.75) is 39.2 Å². The third-order valence-electron chi connectivity index (χ3n) is 4.40. The van der Waals surface area contributed by atoms with Crippen molar-refractivity contribution in [1.29, 1.82) is 0 Å². The number of aryl methyl sites for hydroxylation is 4. The van der Waals surface area contributed by atoms with Crippen molar-refractivity contribution in [1.82, 2.24) is 24.7 Å². The maximum absolute atomic E-state index is 4.74. The van der Waals surface area contributed by atoms with Crippen molar-refractivity contribution < 1.29 is 0 Å². The Kier molecular flexibility index (Phi) is 3.80.